The van der Waals surface area contributed by atoms with E-state index < -0.39 is 0 Å². The third-order valence-corrected chi connectivity index (χ3v) is 11.7. The van der Waals surface area contributed by atoms with Gasteiger partial charge in [-0.15, -0.1) is 0 Å². The first-order chi connectivity index (χ1) is 31.0. The number of methoxy groups -OCH3 is 4. The van der Waals surface area contributed by atoms with Crippen LogP contribution in [0.5, 0.6) is 23.0 Å². The van der Waals surface area contributed by atoms with E-state index in [1.807, 2.05) is 48.5 Å². The largest absolute Gasteiger partial charge is 1.00 e. The molecule has 0 aliphatic rings. The Morgan fingerprint density at radius 3 is 0.906 bits per heavy atom. The monoisotopic (exact) mass is 851 g/mol. The summed E-state index contributed by atoms with van der Waals surface area (Å²) >= 11 is 0. The second-order valence-electron chi connectivity index (χ2n) is 15.4. The molecule has 1 heterocycles. The predicted octanol–water partition coefficient (Wildman–Crippen LogP) is 11.7. The zero-order valence-corrected chi connectivity index (χ0v) is 39.3. The van der Waals surface area contributed by atoms with Crippen molar-refractivity contribution in [3.8, 4) is 45.3 Å². The molecule has 1 aromatic heterocycles. The molecule has 0 spiro atoms. The number of fused-ring (bicyclic) bond motifs is 3. The smallest absolute Gasteiger partial charge is 0.497 e. The van der Waals surface area contributed by atoms with Gasteiger partial charge in [0.25, 0.3) is 0 Å². The van der Waals surface area contributed by atoms with Crippen LogP contribution < -0.4 is 58.3 Å². The van der Waals surface area contributed by atoms with Crippen molar-refractivity contribution in [3.05, 3.63) is 188 Å². The van der Waals surface area contributed by atoms with Crippen molar-refractivity contribution in [1.29, 1.82) is 0 Å². The number of hydrogen-bond donors (Lipinski definition) is 0. The van der Waals surface area contributed by atoms with Gasteiger partial charge in [0.15, 0.2) is 0 Å². The average molecular weight is 852 g/mol. The van der Waals surface area contributed by atoms with Crippen molar-refractivity contribution >= 4 is 55.9 Å². The van der Waals surface area contributed by atoms with Gasteiger partial charge < -0.3 is 39.7 Å². The molecule has 9 rings (SSSR count). The topological polar surface area (TPSA) is 48.3 Å². The van der Waals surface area contributed by atoms with Crippen LogP contribution in [0.2, 0.25) is 0 Å². The van der Waals surface area contributed by atoms with Crippen LogP contribution in [-0.4, -0.2) is 33.0 Å². The van der Waals surface area contributed by atoms with Crippen LogP contribution in [0.3, 0.4) is 0 Å². The Balaban J connectivity index is 0.00000560. The first-order valence-corrected chi connectivity index (χ1v) is 21.2. The Morgan fingerprint density at radius 2 is 0.641 bits per heavy atom. The van der Waals surface area contributed by atoms with Crippen LogP contribution in [0.4, 0.5) is 34.1 Å². The van der Waals surface area contributed by atoms with E-state index in [4.69, 9.17) is 18.9 Å². The van der Waals surface area contributed by atoms with Gasteiger partial charge in [0.2, 0.25) is 0 Å². The maximum atomic E-state index is 5.47. The van der Waals surface area contributed by atoms with Gasteiger partial charge in [0, 0.05) is 55.9 Å². The fourth-order valence-corrected chi connectivity index (χ4v) is 8.39. The maximum Gasteiger partial charge on any atom is 1.00 e. The predicted molar refractivity (Wildman–Crippen MR) is 260 cm³/mol. The SMILES string of the molecule is C[CH-]CCn1c2ccc(-c3ccc(N(c4ccc(OC)cc4)c4ccc(OC)cc4)cc3)cc2c2cc(-c3ccc(N(c4ccc(OC)cc4)c4ccc(OC)cc4)cc3)ccc21.[Na+]. The van der Waals surface area contributed by atoms with Gasteiger partial charge in [-0.3, -0.25) is 0 Å². The van der Waals surface area contributed by atoms with Crippen molar-refractivity contribution < 1.29 is 48.5 Å². The molecular weight excluding hydrogens is 802 g/mol. The van der Waals surface area contributed by atoms with E-state index in [0.29, 0.717) is 0 Å². The van der Waals surface area contributed by atoms with E-state index in [1.165, 1.54) is 32.9 Å². The molecule has 0 amide bonds. The Bertz CT molecular complexity index is 2650. The van der Waals surface area contributed by atoms with Gasteiger partial charge in [0.05, 0.1) is 28.4 Å². The molecule has 0 aliphatic carbocycles. The van der Waals surface area contributed by atoms with Gasteiger partial charge in [-0.2, -0.15) is 13.3 Å². The third-order valence-electron chi connectivity index (χ3n) is 11.7. The molecule has 0 bridgehead atoms. The van der Waals surface area contributed by atoms with E-state index in [9.17, 15) is 0 Å². The van der Waals surface area contributed by atoms with Crippen LogP contribution in [-0.2, 0) is 6.54 Å². The summed E-state index contributed by atoms with van der Waals surface area (Å²) in [6, 6.07) is 64.1. The number of nitrogens with zero attached hydrogens (tertiary/aromatic N) is 3. The van der Waals surface area contributed by atoms with Gasteiger partial charge in [-0.25, -0.2) is 0 Å². The molecule has 7 nitrogen and oxygen atoms in total. The Morgan fingerprint density at radius 1 is 0.375 bits per heavy atom. The molecule has 0 N–H and O–H groups in total. The first kappa shape index (κ1) is 44.0. The zero-order chi connectivity index (χ0) is 43.3. The minimum atomic E-state index is 0. The summed E-state index contributed by atoms with van der Waals surface area (Å²) in [5.41, 5.74) is 13.3. The minimum absolute atomic E-state index is 0. The van der Waals surface area contributed by atoms with Gasteiger partial charge in [-0.05, 0) is 174 Å². The summed E-state index contributed by atoms with van der Waals surface area (Å²) in [7, 11) is 6.76. The first-order valence-electron chi connectivity index (χ1n) is 21.2. The fourth-order valence-electron chi connectivity index (χ4n) is 8.39. The summed E-state index contributed by atoms with van der Waals surface area (Å²) in [4.78, 5) is 4.49. The molecule has 0 atom stereocenters. The number of aryl methyl sites for hydroxylation is 1. The quantitative estimate of drug-likeness (QED) is 0.0756. The van der Waals surface area contributed by atoms with E-state index >= 15 is 0 Å². The summed E-state index contributed by atoms with van der Waals surface area (Å²) in [6.45, 7) is 3.05. The van der Waals surface area contributed by atoms with Crippen LogP contribution >= 0.6 is 0 Å². The number of benzene rings is 8. The second-order valence-corrected chi connectivity index (χ2v) is 15.4. The number of hydrogen-bond acceptors (Lipinski definition) is 6. The van der Waals surface area contributed by atoms with Gasteiger partial charge in [-0.1, -0.05) is 36.4 Å². The zero-order valence-electron chi connectivity index (χ0n) is 37.3. The molecular formula is C56H50N3NaO4. The summed E-state index contributed by atoms with van der Waals surface area (Å²) in [5.74, 6) is 3.26. The molecule has 314 valence electrons. The van der Waals surface area contributed by atoms with Crippen LogP contribution in [0.15, 0.2) is 182 Å². The maximum absolute atomic E-state index is 5.47. The standard InChI is InChI=1S/C56H50N3O4.Na/c1-6-7-36-57-55-34-12-41(39-8-14-43(15-9-39)58(45-18-26-49(60-2)27-19-45)46-20-28-50(61-3)29-21-46)37-53(55)54-38-42(13-35-56(54)57)40-10-16-44(17-11-40)59(47-22-30-51(62-4)31-23-47)48-24-32-52(63-5)33-25-48;/h6,8-35,37-38H,7,36H2,1-5H3;/q-1;+1. The van der Waals surface area contributed by atoms with Gasteiger partial charge in [0.1, 0.15) is 23.0 Å². The molecule has 0 radical (unpaired) electrons. The molecule has 9 aromatic rings. The minimum Gasteiger partial charge on any atom is -0.497 e. The molecule has 64 heavy (non-hydrogen) atoms. The van der Waals surface area contributed by atoms with Crippen molar-refractivity contribution in [2.24, 2.45) is 0 Å². The summed E-state index contributed by atoms with van der Waals surface area (Å²) < 4.78 is 24.3. The Labute approximate surface area is 398 Å². The van der Waals surface area contributed by atoms with E-state index in [1.54, 1.807) is 28.4 Å². The molecule has 0 unspecified atom stereocenters. The van der Waals surface area contributed by atoms with Crippen molar-refractivity contribution in [2.75, 3.05) is 38.2 Å². The van der Waals surface area contributed by atoms with Crippen molar-refractivity contribution in [3.63, 3.8) is 0 Å². The van der Waals surface area contributed by atoms with Crippen LogP contribution in [0.25, 0.3) is 44.1 Å². The third kappa shape index (κ3) is 8.93. The molecule has 0 aliphatic heterocycles. The van der Waals surface area contributed by atoms with E-state index in [0.717, 1.165) is 81.2 Å². The molecule has 0 fully saturated rings. The summed E-state index contributed by atoms with van der Waals surface area (Å²) in [5, 5.41) is 2.48. The van der Waals surface area contributed by atoms with E-state index in [-0.39, 0.29) is 29.6 Å². The molecule has 0 saturated carbocycles. The average Bonchev–Trinajstić information content (AvgIpc) is 3.66. The molecule has 0 saturated heterocycles. The van der Waals surface area contributed by atoms with Crippen molar-refractivity contribution in [2.45, 2.75) is 19.9 Å². The number of ether oxygens (including phenoxy) is 4. The molecule has 8 heteroatoms. The normalized spacial score (nSPS) is 11.0. The number of anilines is 6. The summed E-state index contributed by atoms with van der Waals surface area (Å²) in [6.07, 6.45) is 3.23. The van der Waals surface area contributed by atoms with Crippen molar-refractivity contribution in [1.82, 2.24) is 4.57 Å². The molecule has 8 aromatic carbocycles. The van der Waals surface area contributed by atoms with Crippen LogP contribution in [0, 0.1) is 6.42 Å². The van der Waals surface area contributed by atoms with Crippen LogP contribution in [0.1, 0.15) is 13.3 Å². The number of aromatic nitrogens is 1. The number of unbranched alkanes of at least 4 members (excludes halogenated alkanes) is 1. The number of rotatable bonds is 15. The second kappa shape index (κ2) is 19.8. The van der Waals surface area contributed by atoms with E-state index in [2.05, 4.69) is 161 Å². The van der Waals surface area contributed by atoms with Gasteiger partial charge >= 0.3 is 29.6 Å². The fraction of sp³-hybridized carbons (Fsp3) is 0.125. The Hall–Kier alpha value is -6.64. The Kier molecular flexibility index (Phi) is 13.6.